The van der Waals surface area contributed by atoms with Crippen LogP contribution in [0, 0.1) is 12.0 Å². The van der Waals surface area contributed by atoms with Crippen molar-refractivity contribution in [2.45, 2.75) is 83.7 Å². The summed E-state index contributed by atoms with van der Waals surface area (Å²) >= 11 is 0. The highest BCUT2D eigenvalue weighted by molar-refractivity contribution is 5.26. The highest BCUT2D eigenvalue weighted by Gasteiger charge is 2.50. The van der Waals surface area contributed by atoms with Gasteiger partial charge in [-0.2, -0.15) is 5.10 Å². The Bertz CT molecular complexity index is 583. The highest BCUT2D eigenvalue weighted by atomic mass is 15.3. The Balaban J connectivity index is 1.95. The van der Waals surface area contributed by atoms with Crippen molar-refractivity contribution in [1.29, 1.82) is 0 Å². The Morgan fingerprint density at radius 1 is 1.24 bits per heavy atom. The molecule has 1 aromatic heterocycles. The second kappa shape index (κ2) is 4.35. The summed E-state index contributed by atoms with van der Waals surface area (Å²) < 4.78 is 2.20. The number of hydrogen-bond donors (Lipinski definition) is 0. The first-order valence-corrected chi connectivity index (χ1v) is 8.16. The minimum Gasteiger partial charge on any atom is -0.304 e. The van der Waals surface area contributed by atoms with Gasteiger partial charge in [-0.05, 0) is 37.2 Å². The van der Waals surface area contributed by atoms with Crippen LogP contribution in [0.3, 0.4) is 0 Å². The molecule has 0 saturated heterocycles. The Morgan fingerprint density at radius 3 is 2.29 bits per heavy atom. The molecule has 0 bridgehead atoms. The molecule has 0 aliphatic heterocycles. The maximum absolute atomic E-state index is 7.53. The molecule has 3 rings (SSSR count). The predicted octanol–water partition coefficient (Wildman–Crippen LogP) is 4.84. The molecule has 3 heteroatoms. The highest BCUT2D eigenvalue weighted by Crippen LogP contribution is 2.60. The van der Waals surface area contributed by atoms with E-state index in [2.05, 4.69) is 36.4 Å². The molecule has 0 atom stereocenters. The van der Waals surface area contributed by atoms with E-state index in [4.69, 9.17) is 11.7 Å². The molecule has 0 aromatic carbocycles. The van der Waals surface area contributed by atoms with Crippen molar-refractivity contribution in [3.63, 3.8) is 0 Å². The van der Waals surface area contributed by atoms with Crippen molar-refractivity contribution in [2.24, 2.45) is 5.41 Å². The summed E-state index contributed by atoms with van der Waals surface area (Å²) in [6.07, 6.45) is 6.73. The monoisotopic (exact) mass is 285 g/mol. The van der Waals surface area contributed by atoms with E-state index < -0.39 is 5.54 Å². The smallest absolute Gasteiger partial charge is 0.268 e. The maximum atomic E-state index is 7.53. The number of hydrogen-bond acceptors (Lipinski definition) is 1. The van der Waals surface area contributed by atoms with E-state index in [9.17, 15) is 0 Å². The summed E-state index contributed by atoms with van der Waals surface area (Å²) in [6.45, 7) is 18.1. The van der Waals surface area contributed by atoms with Crippen LogP contribution in [0.4, 0.5) is 0 Å². The van der Waals surface area contributed by atoms with E-state index in [0.717, 1.165) is 11.4 Å². The van der Waals surface area contributed by atoms with E-state index in [1.54, 1.807) is 0 Å². The molecule has 114 valence electrons. The topological polar surface area (TPSA) is 22.2 Å². The molecule has 3 nitrogen and oxygen atoms in total. The van der Waals surface area contributed by atoms with Gasteiger partial charge in [0.25, 0.3) is 5.54 Å². The molecular formula is C18H27N3. The third-order valence-corrected chi connectivity index (χ3v) is 5.51. The van der Waals surface area contributed by atoms with Crippen LogP contribution in [0.15, 0.2) is 6.07 Å². The summed E-state index contributed by atoms with van der Waals surface area (Å²) in [6, 6.07) is 2.68. The molecule has 1 aromatic rings. The molecule has 1 spiro atoms. The van der Waals surface area contributed by atoms with Crippen LogP contribution < -0.4 is 0 Å². The van der Waals surface area contributed by atoms with Crippen LogP contribution in [-0.4, -0.2) is 9.78 Å². The summed E-state index contributed by atoms with van der Waals surface area (Å²) in [5.41, 5.74) is 2.40. The quantitative estimate of drug-likeness (QED) is 0.713. The van der Waals surface area contributed by atoms with Crippen molar-refractivity contribution in [2.75, 3.05) is 0 Å². The van der Waals surface area contributed by atoms with E-state index in [1.165, 1.54) is 32.1 Å². The van der Waals surface area contributed by atoms with Crippen LogP contribution >= 0.6 is 0 Å². The van der Waals surface area contributed by atoms with E-state index >= 15 is 0 Å². The van der Waals surface area contributed by atoms with Crippen molar-refractivity contribution in [3.8, 4) is 0 Å². The van der Waals surface area contributed by atoms with Crippen molar-refractivity contribution >= 4 is 0 Å². The van der Waals surface area contributed by atoms with Gasteiger partial charge in [-0.25, -0.2) is 6.57 Å². The number of nitrogens with zero attached hydrogens (tertiary/aromatic N) is 3. The fourth-order valence-corrected chi connectivity index (χ4v) is 3.75. The number of aromatic nitrogens is 2. The molecule has 2 fully saturated rings. The molecule has 0 N–H and O–H groups in total. The molecule has 21 heavy (non-hydrogen) atoms. The van der Waals surface area contributed by atoms with Gasteiger partial charge < -0.3 is 4.85 Å². The van der Waals surface area contributed by atoms with E-state index in [1.807, 2.05) is 13.8 Å². The van der Waals surface area contributed by atoms with Crippen LogP contribution in [0.1, 0.15) is 84.2 Å². The zero-order chi connectivity index (χ0) is 15.5. The van der Waals surface area contributed by atoms with Crippen LogP contribution in [-0.2, 0) is 11.0 Å². The fraction of sp³-hybridized carbons (Fsp3) is 0.778. The summed E-state index contributed by atoms with van der Waals surface area (Å²) in [4.78, 5) is 3.85. The van der Waals surface area contributed by atoms with E-state index in [-0.39, 0.29) is 5.41 Å². The van der Waals surface area contributed by atoms with Crippen LogP contribution in [0.5, 0.6) is 0 Å². The first kappa shape index (κ1) is 14.6. The lowest BCUT2D eigenvalue weighted by Gasteiger charge is -2.54. The third-order valence-electron chi connectivity index (χ3n) is 5.51. The fourth-order valence-electron chi connectivity index (χ4n) is 3.75. The summed E-state index contributed by atoms with van der Waals surface area (Å²) in [5, 5.41) is 4.91. The molecule has 0 radical (unpaired) electrons. The summed E-state index contributed by atoms with van der Waals surface area (Å²) in [5.74, 6) is 0. The Labute approximate surface area is 128 Å². The van der Waals surface area contributed by atoms with Gasteiger partial charge in [-0.15, -0.1) is 0 Å². The maximum Gasteiger partial charge on any atom is 0.268 e. The average Bonchev–Trinajstić information content (AvgIpc) is 2.70. The minimum absolute atomic E-state index is 0.0377. The SMILES string of the molecule is [C-]#[N+]C(C)(C)c1cc(C(C)(C)C)nn1C1CC2(CCC2)C1. The lowest BCUT2D eigenvalue weighted by molar-refractivity contribution is -0.0238. The van der Waals surface area contributed by atoms with Gasteiger partial charge in [0.2, 0.25) is 0 Å². The third kappa shape index (κ3) is 2.29. The Morgan fingerprint density at radius 2 is 1.86 bits per heavy atom. The van der Waals surface area contributed by atoms with Crippen molar-refractivity contribution in [1.82, 2.24) is 9.78 Å². The minimum atomic E-state index is -0.487. The largest absolute Gasteiger partial charge is 0.304 e. The van der Waals surface area contributed by atoms with E-state index in [0.29, 0.717) is 11.5 Å². The van der Waals surface area contributed by atoms with Crippen molar-refractivity contribution < 1.29 is 0 Å². The Kier molecular flexibility index (Phi) is 3.03. The van der Waals surface area contributed by atoms with Gasteiger partial charge >= 0.3 is 0 Å². The normalized spacial score (nSPS) is 21.7. The predicted molar refractivity (Wildman–Crippen MR) is 85.1 cm³/mol. The second-order valence-electron chi connectivity index (χ2n) is 8.70. The van der Waals surface area contributed by atoms with Gasteiger partial charge in [0, 0.05) is 19.3 Å². The molecule has 2 aliphatic carbocycles. The molecule has 0 amide bonds. The van der Waals surface area contributed by atoms with Gasteiger partial charge in [-0.3, -0.25) is 4.68 Å². The van der Waals surface area contributed by atoms with Crippen LogP contribution in [0.2, 0.25) is 0 Å². The molecule has 1 heterocycles. The zero-order valence-electron chi connectivity index (χ0n) is 14.0. The van der Waals surface area contributed by atoms with Gasteiger partial charge in [0.1, 0.15) is 5.69 Å². The standard InChI is InChI=1S/C18H27N3/c1-16(2,3)14-10-15(17(4,5)19-6)21(20-14)13-11-18(12-13)8-7-9-18/h10,13H,7-9,11-12H2,1-5H3. The van der Waals surface area contributed by atoms with Crippen LogP contribution in [0.25, 0.3) is 4.85 Å². The molecule has 2 aliphatic rings. The molecule has 0 unspecified atom stereocenters. The Hall–Kier alpha value is -1.30. The molecular weight excluding hydrogens is 258 g/mol. The lowest BCUT2D eigenvalue weighted by atomic mass is 9.54. The summed E-state index contributed by atoms with van der Waals surface area (Å²) in [7, 11) is 0. The second-order valence-corrected chi connectivity index (χ2v) is 8.70. The van der Waals surface area contributed by atoms with Crippen molar-refractivity contribution in [3.05, 3.63) is 28.9 Å². The van der Waals surface area contributed by atoms with Gasteiger partial charge in [0.15, 0.2) is 0 Å². The lowest BCUT2D eigenvalue weighted by Crippen LogP contribution is -2.44. The molecule has 2 saturated carbocycles. The average molecular weight is 285 g/mol. The number of rotatable bonds is 2. The van der Waals surface area contributed by atoms with Gasteiger partial charge in [0.05, 0.1) is 11.7 Å². The first-order valence-electron chi connectivity index (χ1n) is 8.16. The zero-order valence-corrected chi connectivity index (χ0v) is 14.0. The first-order chi connectivity index (χ1) is 9.67. The van der Waals surface area contributed by atoms with Gasteiger partial charge in [-0.1, -0.05) is 27.2 Å².